The number of benzene rings is 2. The van der Waals surface area contributed by atoms with Crippen LogP contribution in [-0.4, -0.2) is 46.6 Å². The van der Waals surface area contributed by atoms with E-state index in [2.05, 4.69) is 5.32 Å². The normalized spacial score (nSPS) is 11.6. The van der Waals surface area contributed by atoms with Crippen molar-refractivity contribution in [1.29, 1.82) is 0 Å². The Hall–Kier alpha value is -3.62. The van der Waals surface area contributed by atoms with Gasteiger partial charge in [0.15, 0.2) is 29.6 Å². The van der Waals surface area contributed by atoms with Crippen molar-refractivity contribution in [3.05, 3.63) is 41.5 Å². The van der Waals surface area contributed by atoms with Crippen LogP contribution in [0.2, 0.25) is 0 Å². The minimum Gasteiger partial charge on any atom is -0.493 e. The molecule has 1 heterocycles. The summed E-state index contributed by atoms with van der Waals surface area (Å²) in [4.78, 5) is 24.1. The summed E-state index contributed by atoms with van der Waals surface area (Å²) in [7, 11) is 4.48. The molecule has 2 aromatic carbocycles. The summed E-state index contributed by atoms with van der Waals surface area (Å²) in [5.41, 5.74) is 1.45. The molecule has 0 unspecified atom stereocenters. The molecule has 0 radical (unpaired) electrons. The van der Waals surface area contributed by atoms with Crippen LogP contribution in [0.5, 0.6) is 28.7 Å². The molecule has 0 atom stereocenters. The lowest BCUT2D eigenvalue weighted by Gasteiger charge is -2.14. The topological polar surface area (TPSA) is 102 Å². The number of methoxy groups -OCH3 is 3. The highest BCUT2D eigenvalue weighted by molar-refractivity contribution is 5.81. The molecule has 160 valence electrons. The van der Waals surface area contributed by atoms with E-state index < -0.39 is 11.9 Å². The standard InChI is InChI=1S/C21H23NO8/c1-25-17-7-14(8-18(26-2)21(17)27-3)9-20(24)28-11-19(23)22-10-13-4-5-15-16(6-13)30-12-29-15/h4-8H,9-12H2,1-3H3,(H,22,23). The van der Waals surface area contributed by atoms with Crippen molar-refractivity contribution >= 4 is 11.9 Å². The first-order valence-electron chi connectivity index (χ1n) is 9.13. The van der Waals surface area contributed by atoms with E-state index in [0.29, 0.717) is 34.3 Å². The minimum absolute atomic E-state index is 0.0494. The number of fused-ring (bicyclic) bond motifs is 1. The van der Waals surface area contributed by atoms with Gasteiger partial charge in [0.2, 0.25) is 12.5 Å². The maximum absolute atomic E-state index is 12.1. The highest BCUT2D eigenvalue weighted by atomic mass is 16.7. The second kappa shape index (κ2) is 9.73. The van der Waals surface area contributed by atoms with Crippen LogP contribution in [0.15, 0.2) is 30.3 Å². The smallest absolute Gasteiger partial charge is 0.310 e. The van der Waals surface area contributed by atoms with Crippen molar-refractivity contribution in [2.45, 2.75) is 13.0 Å². The van der Waals surface area contributed by atoms with Crippen molar-refractivity contribution in [1.82, 2.24) is 5.32 Å². The number of hydrogen-bond acceptors (Lipinski definition) is 8. The molecule has 1 aliphatic heterocycles. The highest BCUT2D eigenvalue weighted by Crippen LogP contribution is 2.38. The third-order valence-electron chi connectivity index (χ3n) is 4.36. The Balaban J connectivity index is 1.49. The molecule has 0 saturated heterocycles. The molecule has 9 heteroatoms. The van der Waals surface area contributed by atoms with Gasteiger partial charge in [-0.25, -0.2) is 0 Å². The lowest BCUT2D eigenvalue weighted by molar-refractivity contribution is -0.147. The summed E-state index contributed by atoms with van der Waals surface area (Å²) in [6.07, 6.45) is -0.0494. The largest absolute Gasteiger partial charge is 0.493 e. The average Bonchev–Trinajstić information content (AvgIpc) is 3.23. The average molecular weight is 417 g/mol. The van der Waals surface area contributed by atoms with Crippen LogP contribution in [0.3, 0.4) is 0 Å². The number of carbonyl (C=O) groups is 2. The fraction of sp³-hybridized carbons (Fsp3) is 0.333. The van der Waals surface area contributed by atoms with Gasteiger partial charge in [-0.3, -0.25) is 9.59 Å². The zero-order valence-corrected chi connectivity index (χ0v) is 17.0. The van der Waals surface area contributed by atoms with Gasteiger partial charge in [-0.05, 0) is 35.4 Å². The van der Waals surface area contributed by atoms with E-state index in [-0.39, 0.29) is 26.4 Å². The predicted octanol–water partition coefficient (Wildman–Crippen LogP) is 1.84. The van der Waals surface area contributed by atoms with Crippen molar-refractivity contribution in [2.75, 3.05) is 34.7 Å². The Kier molecular flexibility index (Phi) is 6.84. The fourth-order valence-electron chi connectivity index (χ4n) is 2.90. The lowest BCUT2D eigenvalue weighted by Crippen LogP contribution is -2.28. The van der Waals surface area contributed by atoms with E-state index in [1.54, 1.807) is 24.3 Å². The van der Waals surface area contributed by atoms with Gasteiger partial charge in [-0.15, -0.1) is 0 Å². The van der Waals surface area contributed by atoms with Gasteiger partial charge in [0.1, 0.15) is 0 Å². The molecule has 0 aromatic heterocycles. The van der Waals surface area contributed by atoms with Gasteiger partial charge in [-0.2, -0.15) is 0 Å². The van der Waals surface area contributed by atoms with Crippen molar-refractivity contribution in [2.24, 2.45) is 0 Å². The first-order valence-corrected chi connectivity index (χ1v) is 9.13. The van der Waals surface area contributed by atoms with Crippen molar-refractivity contribution in [3.63, 3.8) is 0 Å². The molecule has 0 spiro atoms. The summed E-state index contributed by atoms with van der Waals surface area (Å²) in [6, 6.07) is 8.70. The Labute approximate surface area is 173 Å². The molecule has 0 saturated carbocycles. The van der Waals surface area contributed by atoms with Crippen LogP contribution < -0.4 is 29.0 Å². The van der Waals surface area contributed by atoms with Gasteiger partial charge in [-0.1, -0.05) is 6.07 Å². The number of ether oxygens (including phenoxy) is 6. The first-order chi connectivity index (χ1) is 14.5. The molecule has 0 aliphatic carbocycles. The van der Waals surface area contributed by atoms with Crippen molar-refractivity contribution in [3.8, 4) is 28.7 Å². The number of hydrogen-bond donors (Lipinski definition) is 1. The molecule has 1 amide bonds. The summed E-state index contributed by atoms with van der Waals surface area (Å²) in [5, 5.41) is 2.69. The summed E-state index contributed by atoms with van der Waals surface area (Å²) in [6.45, 7) is 0.0841. The van der Waals surface area contributed by atoms with Crippen LogP contribution in [0.1, 0.15) is 11.1 Å². The molecule has 1 aliphatic rings. The zero-order valence-electron chi connectivity index (χ0n) is 17.0. The first kappa shape index (κ1) is 21.1. The van der Waals surface area contributed by atoms with E-state index in [9.17, 15) is 9.59 Å². The van der Waals surface area contributed by atoms with Gasteiger partial charge in [0, 0.05) is 6.54 Å². The Morgan fingerprint density at radius 2 is 1.63 bits per heavy atom. The molecule has 2 aromatic rings. The maximum atomic E-state index is 12.1. The van der Waals surface area contributed by atoms with Gasteiger partial charge < -0.3 is 33.7 Å². The lowest BCUT2D eigenvalue weighted by atomic mass is 10.1. The summed E-state index contributed by atoms with van der Waals surface area (Å²) < 4.78 is 31.4. The summed E-state index contributed by atoms with van der Waals surface area (Å²) in [5.74, 6) is 1.64. The van der Waals surface area contributed by atoms with E-state index in [0.717, 1.165) is 5.56 Å². The maximum Gasteiger partial charge on any atom is 0.310 e. The van der Waals surface area contributed by atoms with Gasteiger partial charge >= 0.3 is 5.97 Å². The monoisotopic (exact) mass is 417 g/mol. The summed E-state index contributed by atoms with van der Waals surface area (Å²) >= 11 is 0. The molecular formula is C21H23NO8. The Bertz CT molecular complexity index is 902. The van der Waals surface area contributed by atoms with E-state index in [1.807, 2.05) is 6.07 Å². The zero-order chi connectivity index (χ0) is 21.5. The number of rotatable bonds is 9. The SMILES string of the molecule is COc1cc(CC(=O)OCC(=O)NCc2ccc3c(c2)OCO3)cc(OC)c1OC. The fourth-order valence-corrected chi connectivity index (χ4v) is 2.90. The third kappa shape index (κ3) is 5.05. The van der Waals surface area contributed by atoms with Crippen LogP contribution in [-0.2, 0) is 27.3 Å². The number of amides is 1. The highest BCUT2D eigenvalue weighted by Gasteiger charge is 2.17. The molecule has 0 fully saturated rings. The van der Waals surface area contributed by atoms with Crippen molar-refractivity contribution < 1.29 is 38.0 Å². The van der Waals surface area contributed by atoms with E-state index in [1.165, 1.54) is 21.3 Å². The molecule has 1 N–H and O–H groups in total. The van der Waals surface area contributed by atoms with E-state index >= 15 is 0 Å². The predicted molar refractivity (Wildman–Crippen MR) is 105 cm³/mol. The van der Waals surface area contributed by atoms with Crippen LogP contribution >= 0.6 is 0 Å². The van der Waals surface area contributed by atoms with Crippen LogP contribution in [0, 0.1) is 0 Å². The third-order valence-corrected chi connectivity index (χ3v) is 4.36. The second-order valence-electron chi connectivity index (χ2n) is 6.34. The quantitative estimate of drug-likeness (QED) is 0.617. The second-order valence-corrected chi connectivity index (χ2v) is 6.34. The van der Waals surface area contributed by atoms with E-state index in [4.69, 9.17) is 28.4 Å². The molecule has 9 nitrogen and oxygen atoms in total. The molecular weight excluding hydrogens is 394 g/mol. The Morgan fingerprint density at radius 1 is 0.933 bits per heavy atom. The number of nitrogens with one attached hydrogen (secondary N) is 1. The Morgan fingerprint density at radius 3 is 2.30 bits per heavy atom. The number of carbonyl (C=O) groups excluding carboxylic acids is 2. The molecule has 30 heavy (non-hydrogen) atoms. The minimum atomic E-state index is -0.553. The number of esters is 1. The molecule has 3 rings (SSSR count). The van der Waals surface area contributed by atoms with Gasteiger partial charge in [0.05, 0.1) is 27.8 Å². The van der Waals surface area contributed by atoms with Crippen LogP contribution in [0.4, 0.5) is 0 Å². The van der Waals surface area contributed by atoms with Gasteiger partial charge in [0.25, 0.3) is 5.91 Å². The van der Waals surface area contributed by atoms with Crippen LogP contribution in [0.25, 0.3) is 0 Å². The molecule has 0 bridgehead atoms.